The van der Waals surface area contributed by atoms with Crippen LogP contribution in [0.4, 0.5) is 5.69 Å². The lowest BCUT2D eigenvalue weighted by molar-refractivity contribution is -0.113. The van der Waals surface area contributed by atoms with Gasteiger partial charge in [0.2, 0.25) is 5.91 Å². The molecule has 26 heavy (non-hydrogen) atoms. The molecule has 0 aliphatic carbocycles. The normalized spacial score (nSPS) is 10.0. The fourth-order valence-electron chi connectivity index (χ4n) is 2.29. The Morgan fingerprint density at radius 3 is 2.54 bits per heavy atom. The summed E-state index contributed by atoms with van der Waals surface area (Å²) in [7, 11) is 0. The van der Waals surface area contributed by atoms with E-state index in [-0.39, 0.29) is 17.4 Å². The molecule has 6 heteroatoms. The minimum atomic E-state index is -0.125. The maximum atomic E-state index is 12.1. The molecule has 2 rings (SSSR count). The molecule has 134 valence electrons. The van der Waals surface area contributed by atoms with Crippen molar-refractivity contribution >= 4 is 29.1 Å². The molecule has 0 saturated heterocycles. The summed E-state index contributed by atoms with van der Waals surface area (Å²) < 4.78 is 5.60. The zero-order valence-corrected chi connectivity index (χ0v) is 15.6. The standard InChI is InChI=1S/C20H20N2O3S/c1-3-25-19-9-6-16(14(2)23)10-17(19)12-26-13-20(24)22-18-7-4-15(11-21)5-8-18/h4-10H,3,12-13H2,1-2H3,(H,22,24). The number of Topliss-reactive ketones (excluding diaryl/α,β-unsaturated/α-hetero) is 1. The lowest BCUT2D eigenvalue weighted by Gasteiger charge is -2.11. The first-order valence-electron chi connectivity index (χ1n) is 8.18. The van der Waals surface area contributed by atoms with Crippen molar-refractivity contribution in [3.05, 3.63) is 59.2 Å². The average molecular weight is 368 g/mol. The van der Waals surface area contributed by atoms with Gasteiger partial charge in [-0.25, -0.2) is 0 Å². The van der Waals surface area contributed by atoms with Gasteiger partial charge in [0.1, 0.15) is 5.75 Å². The smallest absolute Gasteiger partial charge is 0.234 e. The number of benzene rings is 2. The van der Waals surface area contributed by atoms with E-state index in [0.717, 1.165) is 11.3 Å². The minimum Gasteiger partial charge on any atom is -0.494 e. The highest BCUT2D eigenvalue weighted by molar-refractivity contribution is 7.99. The first-order chi connectivity index (χ1) is 12.5. The van der Waals surface area contributed by atoms with Crippen molar-refractivity contribution < 1.29 is 14.3 Å². The third-order valence-electron chi connectivity index (χ3n) is 3.56. The summed E-state index contributed by atoms with van der Waals surface area (Å²) in [6, 6.07) is 14.1. The fourth-order valence-corrected chi connectivity index (χ4v) is 3.09. The zero-order valence-electron chi connectivity index (χ0n) is 14.7. The van der Waals surface area contributed by atoms with Crippen molar-refractivity contribution in [2.45, 2.75) is 19.6 Å². The largest absolute Gasteiger partial charge is 0.494 e. The summed E-state index contributed by atoms with van der Waals surface area (Å²) >= 11 is 1.45. The van der Waals surface area contributed by atoms with E-state index in [9.17, 15) is 9.59 Å². The molecular weight excluding hydrogens is 348 g/mol. The second kappa shape index (κ2) is 9.64. The van der Waals surface area contributed by atoms with Crippen LogP contribution in [0, 0.1) is 11.3 Å². The van der Waals surface area contributed by atoms with Gasteiger partial charge in [-0.1, -0.05) is 0 Å². The summed E-state index contributed by atoms with van der Waals surface area (Å²) in [5, 5.41) is 11.6. The van der Waals surface area contributed by atoms with E-state index >= 15 is 0 Å². The van der Waals surface area contributed by atoms with Crippen molar-refractivity contribution in [1.82, 2.24) is 0 Å². The van der Waals surface area contributed by atoms with E-state index in [1.165, 1.54) is 18.7 Å². The Labute approximate surface area is 157 Å². The van der Waals surface area contributed by atoms with Crippen molar-refractivity contribution in [2.24, 2.45) is 0 Å². The van der Waals surface area contributed by atoms with E-state index < -0.39 is 0 Å². The Hall–Kier alpha value is -2.78. The van der Waals surface area contributed by atoms with Gasteiger partial charge in [0.05, 0.1) is 24.0 Å². The summed E-state index contributed by atoms with van der Waals surface area (Å²) in [6.45, 7) is 3.97. The van der Waals surface area contributed by atoms with E-state index in [1.54, 1.807) is 36.4 Å². The predicted octanol–water partition coefficient (Wildman–Crippen LogP) is 4.03. The molecule has 0 fully saturated rings. The van der Waals surface area contributed by atoms with Gasteiger partial charge in [0.15, 0.2) is 5.78 Å². The van der Waals surface area contributed by atoms with Gasteiger partial charge in [-0.15, -0.1) is 11.8 Å². The molecule has 2 aromatic rings. The second-order valence-corrected chi connectivity index (χ2v) is 6.53. The Morgan fingerprint density at radius 1 is 1.19 bits per heavy atom. The van der Waals surface area contributed by atoms with E-state index in [4.69, 9.17) is 10.00 Å². The molecule has 1 amide bonds. The first-order valence-corrected chi connectivity index (χ1v) is 9.33. The molecule has 0 heterocycles. The number of nitriles is 1. The molecule has 0 bridgehead atoms. The molecule has 0 saturated carbocycles. The number of ketones is 1. The highest BCUT2D eigenvalue weighted by atomic mass is 32.2. The molecule has 0 aromatic heterocycles. The van der Waals surface area contributed by atoms with Gasteiger partial charge < -0.3 is 10.1 Å². The van der Waals surface area contributed by atoms with E-state index in [0.29, 0.717) is 29.2 Å². The number of anilines is 1. The third kappa shape index (κ3) is 5.64. The lowest BCUT2D eigenvalue weighted by Crippen LogP contribution is -2.14. The third-order valence-corrected chi connectivity index (χ3v) is 4.54. The number of hydrogen-bond acceptors (Lipinski definition) is 5. The molecule has 2 aromatic carbocycles. The summed E-state index contributed by atoms with van der Waals surface area (Å²) in [5.41, 5.74) is 2.73. The Balaban J connectivity index is 1.93. The molecule has 0 atom stereocenters. The van der Waals surface area contributed by atoms with Gasteiger partial charge >= 0.3 is 0 Å². The molecule has 0 unspecified atom stereocenters. The van der Waals surface area contributed by atoms with Gasteiger partial charge in [-0.2, -0.15) is 5.26 Å². The Morgan fingerprint density at radius 2 is 1.92 bits per heavy atom. The van der Waals surface area contributed by atoms with E-state index in [1.807, 2.05) is 19.1 Å². The molecular formula is C20H20N2O3S. The van der Waals surface area contributed by atoms with Crippen LogP contribution in [0.5, 0.6) is 5.75 Å². The number of carbonyl (C=O) groups excluding carboxylic acids is 2. The molecule has 1 N–H and O–H groups in total. The summed E-state index contributed by atoms with van der Waals surface area (Å²) in [5.74, 6) is 1.45. The fraction of sp³-hybridized carbons (Fsp3) is 0.250. The average Bonchev–Trinajstić information content (AvgIpc) is 2.63. The number of hydrogen-bond donors (Lipinski definition) is 1. The number of thioether (sulfide) groups is 1. The Kier molecular flexibility index (Phi) is 7.24. The van der Waals surface area contributed by atoms with Crippen molar-refractivity contribution in [3.63, 3.8) is 0 Å². The van der Waals surface area contributed by atoms with E-state index in [2.05, 4.69) is 5.32 Å². The van der Waals surface area contributed by atoms with Crippen molar-refractivity contribution in [3.8, 4) is 11.8 Å². The number of carbonyl (C=O) groups is 2. The second-order valence-electron chi connectivity index (χ2n) is 5.54. The van der Waals surface area contributed by atoms with Gasteiger partial charge in [0.25, 0.3) is 0 Å². The van der Waals surface area contributed by atoms with Gasteiger partial charge in [0, 0.05) is 22.6 Å². The van der Waals surface area contributed by atoms with Crippen LogP contribution in [0.25, 0.3) is 0 Å². The molecule has 0 aliphatic heterocycles. The number of nitrogens with one attached hydrogen (secondary N) is 1. The zero-order chi connectivity index (χ0) is 18.9. The number of ether oxygens (including phenoxy) is 1. The van der Waals surface area contributed by atoms with Crippen LogP contribution in [0.1, 0.15) is 35.3 Å². The van der Waals surface area contributed by atoms with Gasteiger partial charge in [-0.3, -0.25) is 9.59 Å². The van der Waals surface area contributed by atoms with Crippen LogP contribution in [0.15, 0.2) is 42.5 Å². The van der Waals surface area contributed by atoms with Crippen LogP contribution in [0.3, 0.4) is 0 Å². The number of amides is 1. The van der Waals surface area contributed by atoms with Crippen LogP contribution >= 0.6 is 11.8 Å². The lowest BCUT2D eigenvalue weighted by atomic mass is 10.1. The minimum absolute atomic E-state index is 0.00198. The molecule has 0 radical (unpaired) electrons. The predicted molar refractivity (Wildman–Crippen MR) is 104 cm³/mol. The topological polar surface area (TPSA) is 79.2 Å². The van der Waals surface area contributed by atoms with Crippen molar-refractivity contribution in [1.29, 1.82) is 5.26 Å². The highest BCUT2D eigenvalue weighted by Crippen LogP contribution is 2.25. The van der Waals surface area contributed by atoms with Crippen LogP contribution in [-0.4, -0.2) is 24.1 Å². The summed E-state index contributed by atoms with van der Waals surface area (Å²) in [6.07, 6.45) is 0. The van der Waals surface area contributed by atoms with Crippen molar-refractivity contribution in [2.75, 3.05) is 17.7 Å². The number of rotatable bonds is 8. The number of nitrogens with zero attached hydrogens (tertiary/aromatic N) is 1. The maximum absolute atomic E-state index is 12.1. The van der Waals surface area contributed by atoms with Crippen LogP contribution in [0.2, 0.25) is 0 Å². The SMILES string of the molecule is CCOc1ccc(C(C)=O)cc1CSCC(=O)Nc1ccc(C#N)cc1. The molecule has 5 nitrogen and oxygen atoms in total. The maximum Gasteiger partial charge on any atom is 0.234 e. The molecule has 0 spiro atoms. The molecule has 0 aliphatic rings. The van der Waals surface area contributed by atoms with Crippen LogP contribution in [-0.2, 0) is 10.5 Å². The highest BCUT2D eigenvalue weighted by Gasteiger charge is 2.10. The quantitative estimate of drug-likeness (QED) is 0.712. The van der Waals surface area contributed by atoms with Gasteiger partial charge in [-0.05, 0) is 56.3 Å². The summed E-state index contributed by atoms with van der Waals surface area (Å²) in [4.78, 5) is 23.6. The monoisotopic (exact) mass is 368 g/mol. The van der Waals surface area contributed by atoms with Crippen LogP contribution < -0.4 is 10.1 Å². The first kappa shape index (κ1) is 19.5. The Bertz CT molecular complexity index is 826.